The summed E-state index contributed by atoms with van der Waals surface area (Å²) >= 11 is 0. The van der Waals surface area contributed by atoms with Gasteiger partial charge >= 0.3 is 5.97 Å². The van der Waals surface area contributed by atoms with Gasteiger partial charge in [-0.2, -0.15) is 0 Å². The summed E-state index contributed by atoms with van der Waals surface area (Å²) in [7, 11) is 0. The molecule has 1 radical (unpaired) electrons. The number of nitrogens with one attached hydrogen (secondary N) is 1. The number of unbranched alkanes of at least 4 members (excludes halogenated alkanes) is 8. The fourth-order valence-electron chi connectivity index (χ4n) is 1.91. The molecule has 0 aromatic heterocycles. The second-order valence-electron chi connectivity index (χ2n) is 4.90. The number of ether oxygens (including phenoxy) is 1. The van der Waals surface area contributed by atoms with E-state index in [9.17, 15) is 4.79 Å². The molecule has 0 aliphatic rings. The Balaban J connectivity index is 3.08. The summed E-state index contributed by atoms with van der Waals surface area (Å²) in [6, 6.07) is 0. The Morgan fingerprint density at radius 3 is 2.00 bits per heavy atom. The van der Waals surface area contributed by atoms with Crippen LogP contribution in [0, 0.1) is 0 Å². The van der Waals surface area contributed by atoms with E-state index in [1.165, 1.54) is 44.9 Å². The summed E-state index contributed by atoms with van der Waals surface area (Å²) in [5, 5.41) is 0. The second kappa shape index (κ2) is 14.5. The number of esters is 1. The summed E-state index contributed by atoms with van der Waals surface area (Å²) in [5.74, 6) is -0.0913. The van der Waals surface area contributed by atoms with E-state index in [2.05, 4.69) is 6.92 Å². The lowest BCUT2D eigenvalue weighted by molar-refractivity contribution is -0.143. The number of carbonyl (C=O) groups excluding carboxylic acids is 1. The molecular weight excluding hydrogens is 226 g/mol. The SMILES string of the molecule is CCCCCCCCCCCC(=O)OCCC[NH]. The van der Waals surface area contributed by atoms with Crippen LogP contribution < -0.4 is 5.73 Å². The van der Waals surface area contributed by atoms with Gasteiger partial charge in [-0.3, -0.25) is 10.5 Å². The lowest BCUT2D eigenvalue weighted by Crippen LogP contribution is -2.06. The second-order valence-corrected chi connectivity index (χ2v) is 4.90. The Hall–Kier alpha value is -0.570. The molecule has 107 valence electrons. The number of carbonyl (C=O) groups is 1. The first-order chi connectivity index (χ1) is 8.81. The zero-order valence-electron chi connectivity index (χ0n) is 12.0. The number of hydrogen-bond donors (Lipinski definition) is 0. The average Bonchev–Trinajstić information content (AvgIpc) is 2.37. The largest absolute Gasteiger partial charge is 0.466 e. The maximum Gasteiger partial charge on any atom is 0.305 e. The predicted octanol–water partition coefficient (Wildman–Crippen LogP) is 4.12. The van der Waals surface area contributed by atoms with Crippen LogP contribution in [0.4, 0.5) is 0 Å². The van der Waals surface area contributed by atoms with Crippen molar-refractivity contribution >= 4 is 5.97 Å². The van der Waals surface area contributed by atoms with Crippen LogP contribution in [0.3, 0.4) is 0 Å². The van der Waals surface area contributed by atoms with Gasteiger partial charge in [0.2, 0.25) is 0 Å². The molecule has 0 saturated carbocycles. The zero-order chi connectivity index (χ0) is 13.5. The van der Waals surface area contributed by atoms with Crippen LogP contribution in [0.5, 0.6) is 0 Å². The van der Waals surface area contributed by atoms with Crippen molar-refractivity contribution in [1.82, 2.24) is 5.73 Å². The molecule has 0 spiro atoms. The fourth-order valence-corrected chi connectivity index (χ4v) is 1.91. The van der Waals surface area contributed by atoms with E-state index >= 15 is 0 Å². The highest BCUT2D eigenvalue weighted by molar-refractivity contribution is 5.69. The van der Waals surface area contributed by atoms with Gasteiger partial charge in [0, 0.05) is 13.0 Å². The summed E-state index contributed by atoms with van der Waals surface area (Å²) in [4.78, 5) is 11.2. The molecule has 0 heterocycles. The third-order valence-electron chi connectivity index (χ3n) is 3.07. The highest BCUT2D eigenvalue weighted by Crippen LogP contribution is 2.10. The van der Waals surface area contributed by atoms with E-state index in [0.29, 0.717) is 26.0 Å². The van der Waals surface area contributed by atoms with Gasteiger partial charge < -0.3 is 4.74 Å². The lowest BCUT2D eigenvalue weighted by atomic mass is 10.1. The molecule has 0 saturated heterocycles. The van der Waals surface area contributed by atoms with Crippen molar-refractivity contribution in [1.29, 1.82) is 0 Å². The predicted molar refractivity (Wildman–Crippen MR) is 75.4 cm³/mol. The van der Waals surface area contributed by atoms with Gasteiger partial charge in [-0.15, -0.1) is 0 Å². The molecule has 0 bridgehead atoms. The van der Waals surface area contributed by atoms with Crippen molar-refractivity contribution in [2.24, 2.45) is 0 Å². The maximum atomic E-state index is 11.2. The molecule has 0 aliphatic carbocycles. The molecule has 0 atom stereocenters. The maximum absolute atomic E-state index is 11.2. The summed E-state index contributed by atoms with van der Waals surface area (Å²) in [6.07, 6.45) is 12.6. The minimum atomic E-state index is -0.0913. The topological polar surface area (TPSA) is 50.1 Å². The minimum absolute atomic E-state index is 0.0913. The first-order valence-electron chi connectivity index (χ1n) is 7.61. The monoisotopic (exact) mass is 256 g/mol. The molecule has 18 heavy (non-hydrogen) atoms. The van der Waals surface area contributed by atoms with Crippen LogP contribution >= 0.6 is 0 Å². The average molecular weight is 256 g/mol. The summed E-state index contributed by atoms with van der Waals surface area (Å²) in [6.45, 7) is 2.99. The van der Waals surface area contributed by atoms with Crippen LogP contribution in [-0.4, -0.2) is 19.1 Å². The van der Waals surface area contributed by atoms with Crippen LogP contribution in [0.15, 0.2) is 0 Å². The van der Waals surface area contributed by atoms with Gasteiger partial charge in [0.15, 0.2) is 0 Å². The fraction of sp³-hybridized carbons (Fsp3) is 0.933. The van der Waals surface area contributed by atoms with Gasteiger partial charge in [-0.25, -0.2) is 0 Å². The van der Waals surface area contributed by atoms with Crippen molar-refractivity contribution in [3.8, 4) is 0 Å². The molecule has 3 heteroatoms. The van der Waals surface area contributed by atoms with Crippen molar-refractivity contribution in [3.63, 3.8) is 0 Å². The highest BCUT2D eigenvalue weighted by atomic mass is 16.5. The minimum Gasteiger partial charge on any atom is -0.466 e. The smallest absolute Gasteiger partial charge is 0.305 e. The molecule has 1 N–H and O–H groups in total. The van der Waals surface area contributed by atoms with E-state index < -0.39 is 0 Å². The van der Waals surface area contributed by atoms with Crippen molar-refractivity contribution in [3.05, 3.63) is 0 Å². The highest BCUT2D eigenvalue weighted by Gasteiger charge is 2.01. The first-order valence-corrected chi connectivity index (χ1v) is 7.61. The third kappa shape index (κ3) is 13.5. The van der Waals surface area contributed by atoms with Gasteiger partial charge in [0.05, 0.1) is 6.61 Å². The van der Waals surface area contributed by atoms with Crippen molar-refractivity contribution in [2.45, 2.75) is 77.6 Å². The van der Waals surface area contributed by atoms with Gasteiger partial charge in [0.1, 0.15) is 0 Å². The molecule has 0 amide bonds. The van der Waals surface area contributed by atoms with Gasteiger partial charge in [0.25, 0.3) is 0 Å². The zero-order valence-corrected chi connectivity index (χ0v) is 12.0. The van der Waals surface area contributed by atoms with E-state index in [1.54, 1.807) is 0 Å². The van der Waals surface area contributed by atoms with Crippen LogP contribution in [0.1, 0.15) is 77.6 Å². The Morgan fingerprint density at radius 1 is 0.889 bits per heavy atom. The Morgan fingerprint density at radius 2 is 1.44 bits per heavy atom. The van der Waals surface area contributed by atoms with E-state index in [-0.39, 0.29) is 5.97 Å². The molecule has 3 nitrogen and oxygen atoms in total. The quantitative estimate of drug-likeness (QED) is 0.367. The van der Waals surface area contributed by atoms with Gasteiger partial charge in [-0.05, 0) is 12.8 Å². The molecule has 0 rings (SSSR count). The number of hydrogen-bond acceptors (Lipinski definition) is 2. The third-order valence-corrected chi connectivity index (χ3v) is 3.07. The molecular formula is C15H30NO2. The normalized spacial score (nSPS) is 10.6. The van der Waals surface area contributed by atoms with E-state index in [4.69, 9.17) is 10.5 Å². The molecule has 0 aromatic rings. The number of rotatable bonds is 13. The van der Waals surface area contributed by atoms with Crippen molar-refractivity contribution < 1.29 is 9.53 Å². The van der Waals surface area contributed by atoms with Crippen LogP contribution in [0.2, 0.25) is 0 Å². The summed E-state index contributed by atoms with van der Waals surface area (Å²) < 4.78 is 5.00. The van der Waals surface area contributed by atoms with E-state index in [0.717, 1.165) is 12.8 Å². The molecule has 0 aliphatic heterocycles. The Labute approximate surface area is 112 Å². The van der Waals surface area contributed by atoms with Gasteiger partial charge in [-0.1, -0.05) is 58.3 Å². The molecule has 0 aromatic carbocycles. The first kappa shape index (κ1) is 17.4. The Kier molecular flexibility index (Phi) is 14.0. The molecule has 0 fully saturated rings. The summed E-state index contributed by atoms with van der Waals surface area (Å²) in [5.41, 5.74) is 6.93. The van der Waals surface area contributed by atoms with Crippen LogP contribution in [-0.2, 0) is 9.53 Å². The Bertz CT molecular complexity index is 183. The van der Waals surface area contributed by atoms with E-state index in [1.807, 2.05) is 0 Å². The van der Waals surface area contributed by atoms with Crippen molar-refractivity contribution in [2.75, 3.05) is 13.2 Å². The lowest BCUT2D eigenvalue weighted by Gasteiger charge is -2.04. The standard InChI is InChI=1S/C15H30NO2/c1-2-3-4-5-6-7-8-9-10-12-15(17)18-14-11-13-16/h16H,2-14H2,1H3. The molecule has 0 unspecified atom stereocenters. The van der Waals surface area contributed by atoms with Crippen LogP contribution in [0.25, 0.3) is 0 Å².